The van der Waals surface area contributed by atoms with E-state index in [0.717, 1.165) is 0 Å². The molecule has 14 heavy (non-hydrogen) atoms. The lowest BCUT2D eigenvalue weighted by molar-refractivity contribution is -0.136. The second kappa shape index (κ2) is 4.48. The van der Waals surface area contributed by atoms with E-state index in [0.29, 0.717) is 0 Å². The molecule has 0 aromatic carbocycles. The van der Waals surface area contributed by atoms with Gasteiger partial charge in [-0.2, -0.15) is 0 Å². The summed E-state index contributed by atoms with van der Waals surface area (Å²) in [5.41, 5.74) is 0. The van der Waals surface area contributed by atoms with Gasteiger partial charge in [-0.05, 0) is 13.8 Å². The molecule has 0 radical (unpaired) electrons. The van der Waals surface area contributed by atoms with Crippen molar-refractivity contribution < 1.29 is 19.4 Å². The summed E-state index contributed by atoms with van der Waals surface area (Å²) in [6, 6.07) is 0. The molecule has 1 rings (SSSR count). The molecule has 0 aliphatic carbocycles. The highest BCUT2D eigenvalue weighted by atomic mass is 16.5. The van der Waals surface area contributed by atoms with Gasteiger partial charge in [0.15, 0.2) is 0 Å². The summed E-state index contributed by atoms with van der Waals surface area (Å²) in [7, 11) is 0. The van der Waals surface area contributed by atoms with Crippen molar-refractivity contribution in [3.05, 3.63) is 12.2 Å². The molecule has 4 heteroatoms. The number of aliphatic hydroxyl groups is 1. The van der Waals surface area contributed by atoms with Gasteiger partial charge in [-0.25, -0.2) is 0 Å². The zero-order valence-electron chi connectivity index (χ0n) is 8.27. The quantitative estimate of drug-likeness (QED) is 0.516. The van der Waals surface area contributed by atoms with Gasteiger partial charge in [0.2, 0.25) is 0 Å². The molecule has 1 heterocycles. The molecule has 1 aliphatic heterocycles. The van der Waals surface area contributed by atoms with E-state index in [2.05, 4.69) is 0 Å². The van der Waals surface area contributed by atoms with Gasteiger partial charge < -0.3 is 9.84 Å². The molecule has 1 N–H and O–H groups in total. The highest BCUT2D eigenvalue weighted by molar-refractivity contribution is 6.01. The van der Waals surface area contributed by atoms with E-state index in [4.69, 9.17) is 9.84 Å². The highest BCUT2D eigenvalue weighted by Gasteiger charge is 2.30. The van der Waals surface area contributed by atoms with Gasteiger partial charge in [-0.3, -0.25) is 9.59 Å². The third-order valence-corrected chi connectivity index (χ3v) is 2.19. The van der Waals surface area contributed by atoms with Crippen molar-refractivity contribution in [2.45, 2.75) is 26.1 Å². The lowest BCUT2D eigenvalue weighted by atomic mass is 9.92. The van der Waals surface area contributed by atoms with Crippen LogP contribution < -0.4 is 0 Å². The Hall–Kier alpha value is -1.00. The fourth-order valence-electron chi connectivity index (χ4n) is 1.51. The van der Waals surface area contributed by atoms with E-state index in [9.17, 15) is 9.59 Å². The molecule has 0 unspecified atom stereocenters. The van der Waals surface area contributed by atoms with Crippen molar-refractivity contribution in [3.8, 4) is 0 Å². The first kappa shape index (κ1) is 11.1. The predicted molar refractivity (Wildman–Crippen MR) is 49.7 cm³/mol. The van der Waals surface area contributed by atoms with Crippen LogP contribution in [0.15, 0.2) is 12.2 Å². The Bertz CT molecular complexity index is 255. The molecule has 4 nitrogen and oxygen atoms in total. The summed E-state index contributed by atoms with van der Waals surface area (Å²) < 4.78 is 5.20. The predicted octanol–water partition coefficient (Wildman–Crippen LogP) is 0.0965. The van der Waals surface area contributed by atoms with Crippen LogP contribution >= 0.6 is 0 Å². The standard InChI is InChI=1S/C10H14O4/c1-6(11)10(7(2)12)9-4-3-8(13)5-14-9/h3-4,8-10,13H,5H2,1-2H3/t8-,9-/m1/s1. The Balaban J connectivity index is 2.75. The molecule has 0 aromatic heterocycles. The monoisotopic (exact) mass is 198 g/mol. The molecule has 0 spiro atoms. The summed E-state index contributed by atoms with van der Waals surface area (Å²) in [6.45, 7) is 2.88. The second-order valence-electron chi connectivity index (χ2n) is 3.45. The molecule has 1 aliphatic rings. The van der Waals surface area contributed by atoms with Crippen molar-refractivity contribution in [1.29, 1.82) is 0 Å². The molecule has 0 aromatic rings. The van der Waals surface area contributed by atoms with Crippen LogP contribution in [-0.2, 0) is 14.3 Å². The van der Waals surface area contributed by atoms with Crippen LogP contribution in [0, 0.1) is 5.92 Å². The summed E-state index contributed by atoms with van der Waals surface area (Å²) in [4.78, 5) is 22.3. The Morgan fingerprint density at radius 1 is 1.36 bits per heavy atom. The molecule has 78 valence electrons. The summed E-state index contributed by atoms with van der Waals surface area (Å²) >= 11 is 0. The van der Waals surface area contributed by atoms with Crippen LogP contribution in [0.25, 0.3) is 0 Å². The number of ketones is 2. The van der Waals surface area contributed by atoms with E-state index in [1.165, 1.54) is 13.8 Å². The van der Waals surface area contributed by atoms with Gasteiger partial charge in [-0.1, -0.05) is 12.2 Å². The average molecular weight is 198 g/mol. The molecule has 0 fully saturated rings. The zero-order valence-corrected chi connectivity index (χ0v) is 8.27. The van der Waals surface area contributed by atoms with E-state index < -0.39 is 18.1 Å². The summed E-state index contributed by atoms with van der Waals surface area (Å²) in [5.74, 6) is -1.15. The molecule has 2 atom stereocenters. The van der Waals surface area contributed by atoms with Crippen LogP contribution in [0.2, 0.25) is 0 Å². The molecule has 0 saturated heterocycles. The first-order valence-corrected chi connectivity index (χ1v) is 4.51. The maximum Gasteiger partial charge on any atom is 0.143 e. The van der Waals surface area contributed by atoms with Crippen LogP contribution in [0.1, 0.15) is 13.8 Å². The number of rotatable bonds is 3. The Kier molecular flexibility index (Phi) is 3.55. The number of hydrogen-bond donors (Lipinski definition) is 1. The highest BCUT2D eigenvalue weighted by Crippen LogP contribution is 2.16. The van der Waals surface area contributed by atoms with Crippen LogP contribution in [0.5, 0.6) is 0 Å². The van der Waals surface area contributed by atoms with Gasteiger partial charge in [0.1, 0.15) is 17.5 Å². The van der Waals surface area contributed by atoms with E-state index >= 15 is 0 Å². The maximum atomic E-state index is 11.2. The van der Waals surface area contributed by atoms with E-state index in [1.54, 1.807) is 12.2 Å². The topological polar surface area (TPSA) is 63.6 Å². The minimum Gasteiger partial charge on any atom is -0.387 e. The zero-order chi connectivity index (χ0) is 10.7. The van der Waals surface area contributed by atoms with Gasteiger partial charge in [0.05, 0.1) is 18.8 Å². The summed E-state index contributed by atoms with van der Waals surface area (Å²) in [5, 5.41) is 9.10. The van der Waals surface area contributed by atoms with Gasteiger partial charge in [-0.15, -0.1) is 0 Å². The van der Waals surface area contributed by atoms with Crippen molar-refractivity contribution in [1.82, 2.24) is 0 Å². The molecular weight excluding hydrogens is 184 g/mol. The van der Waals surface area contributed by atoms with Gasteiger partial charge in [0, 0.05) is 0 Å². The van der Waals surface area contributed by atoms with E-state index in [-0.39, 0.29) is 18.2 Å². The van der Waals surface area contributed by atoms with Crippen molar-refractivity contribution in [2.24, 2.45) is 5.92 Å². The van der Waals surface area contributed by atoms with Crippen molar-refractivity contribution in [3.63, 3.8) is 0 Å². The van der Waals surface area contributed by atoms with E-state index in [1.807, 2.05) is 0 Å². The fraction of sp³-hybridized carbons (Fsp3) is 0.600. The molecule has 0 saturated carbocycles. The Morgan fingerprint density at radius 3 is 2.29 bits per heavy atom. The number of ether oxygens (including phenoxy) is 1. The van der Waals surface area contributed by atoms with Crippen molar-refractivity contribution in [2.75, 3.05) is 6.61 Å². The summed E-state index contributed by atoms with van der Waals surface area (Å²) in [6.07, 6.45) is 1.97. The molecule has 0 bridgehead atoms. The third-order valence-electron chi connectivity index (χ3n) is 2.19. The molecule has 0 amide bonds. The fourth-order valence-corrected chi connectivity index (χ4v) is 1.51. The smallest absolute Gasteiger partial charge is 0.143 e. The van der Waals surface area contributed by atoms with Gasteiger partial charge in [0.25, 0.3) is 0 Å². The number of hydrogen-bond acceptors (Lipinski definition) is 4. The lowest BCUT2D eigenvalue weighted by Gasteiger charge is -2.25. The third kappa shape index (κ3) is 2.49. The SMILES string of the molecule is CC(=O)C(C(C)=O)[C@H]1C=C[C@@H](O)CO1. The first-order chi connectivity index (χ1) is 6.52. The Morgan fingerprint density at radius 2 is 1.93 bits per heavy atom. The number of aliphatic hydroxyl groups excluding tert-OH is 1. The van der Waals surface area contributed by atoms with Crippen LogP contribution in [-0.4, -0.2) is 35.5 Å². The largest absolute Gasteiger partial charge is 0.387 e. The maximum absolute atomic E-state index is 11.2. The average Bonchev–Trinajstić information content (AvgIpc) is 2.07. The minimum absolute atomic E-state index is 0.137. The Labute approximate surface area is 82.6 Å². The normalized spacial score (nSPS) is 26.6. The minimum atomic E-state index is -0.737. The lowest BCUT2D eigenvalue weighted by Crippen LogP contribution is -2.37. The molecular formula is C10H14O4. The second-order valence-corrected chi connectivity index (χ2v) is 3.45. The van der Waals surface area contributed by atoms with Gasteiger partial charge >= 0.3 is 0 Å². The van der Waals surface area contributed by atoms with Crippen LogP contribution in [0.3, 0.4) is 0 Å². The number of Topliss-reactive ketones (excluding diaryl/α,β-unsaturated/α-hetero) is 2. The number of carbonyl (C=O) groups excluding carboxylic acids is 2. The van der Waals surface area contributed by atoms with Crippen molar-refractivity contribution >= 4 is 11.6 Å². The first-order valence-electron chi connectivity index (χ1n) is 4.51. The van der Waals surface area contributed by atoms with Crippen LogP contribution in [0.4, 0.5) is 0 Å². The number of carbonyl (C=O) groups is 2.